The summed E-state index contributed by atoms with van der Waals surface area (Å²) in [6.45, 7) is 3.92. The number of likely N-dealkylation sites (N-methyl/N-ethyl adjacent to an activating group) is 1. The van der Waals surface area contributed by atoms with E-state index in [0.29, 0.717) is 13.1 Å². The van der Waals surface area contributed by atoms with Crippen LogP contribution < -0.4 is 5.32 Å². The lowest BCUT2D eigenvalue weighted by Gasteiger charge is -2.27. The van der Waals surface area contributed by atoms with Gasteiger partial charge in [0.25, 0.3) is 5.91 Å². The van der Waals surface area contributed by atoms with E-state index in [9.17, 15) is 9.18 Å². The monoisotopic (exact) mass is 294 g/mol. The third kappa shape index (κ3) is 3.50. The van der Waals surface area contributed by atoms with Crippen molar-refractivity contribution in [1.29, 1.82) is 0 Å². The van der Waals surface area contributed by atoms with Crippen LogP contribution in [-0.2, 0) is 0 Å². The number of nitrogens with zero attached hydrogens (tertiary/aromatic N) is 3. The molecule has 1 aromatic heterocycles. The summed E-state index contributed by atoms with van der Waals surface area (Å²) in [4.78, 5) is 20.4. The molecule has 6 heteroatoms. The molecular formula is C15H23FN4O. The van der Waals surface area contributed by atoms with Crippen LogP contribution in [0.15, 0.2) is 12.3 Å². The molecule has 1 fully saturated rings. The lowest BCUT2D eigenvalue weighted by Crippen LogP contribution is -2.41. The average Bonchev–Trinajstić information content (AvgIpc) is 2.88. The minimum atomic E-state index is -0.556. The largest absolute Gasteiger partial charge is 0.368 e. The number of likely N-dealkylation sites (tertiary alicyclic amines) is 1. The van der Waals surface area contributed by atoms with Gasteiger partial charge in [-0.15, -0.1) is 0 Å². The topological polar surface area (TPSA) is 48.5 Å². The summed E-state index contributed by atoms with van der Waals surface area (Å²) >= 11 is 0. The van der Waals surface area contributed by atoms with Gasteiger partial charge >= 0.3 is 0 Å². The van der Waals surface area contributed by atoms with Gasteiger partial charge < -0.3 is 15.1 Å². The third-order valence-corrected chi connectivity index (χ3v) is 3.68. The minimum absolute atomic E-state index is 0.103. The summed E-state index contributed by atoms with van der Waals surface area (Å²) < 4.78 is 14.4. The minimum Gasteiger partial charge on any atom is -0.368 e. The van der Waals surface area contributed by atoms with Crippen molar-refractivity contribution in [2.45, 2.75) is 25.8 Å². The Morgan fingerprint density at radius 1 is 1.57 bits per heavy atom. The zero-order valence-corrected chi connectivity index (χ0v) is 12.9. The highest BCUT2D eigenvalue weighted by Gasteiger charge is 2.31. The Morgan fingerprint density at radius 3 is 3.00 bits per heavy atom. The Hall–Kier alpha value is -1.69. The van der Waals surface area contributed by atoms with E-state index in [1.54, 1.807) is 4.90 Å². The van der Waals surface area contributed by atoms with Gasteiger partial charge in [-0.2, -0.15) is 0 Å². The van der Waals surface area contributed by atoms with Crippen molar-refractivity contribution in [2.75, 3.05) is 39.0 Å². The molecule has 21 heavy (non-hydrogen) atoms. The quantitative estimate of drug-likeness (QED) is 0.900. The standard InChI is InChI=1S/C15H23FN4O/c1-4-17-14-13(16)12(7-8-18-14)15(21)20-9-5-6-11(20)10-19(2)3/h7-8,11H,4-6,9-10H2,1-3H3,(H,17,18). The fourth-order valence-corrected chi connectivity index (χ4v) is 2.77. The number of hydrogen-bond acceptors (Lipinski definition) is 4. The molecule has 1 aromatic rings. The SMILES string of the molecule is CCNc1nccc(C(=O)N2CCCC2CN(C)C)c1F. The van der Waals surface area contributed by atoms with E-state index in [0.717, 1.165) is 19.4 Å². The maximum absolute atomic E-state index is 14.4. The van der Waals surface area contributed by atoms with Gasteiger partial charge in [0.15, 0.2) is 11.6 Å². The maximum atomic E-state index is 14.4. The van der Waals surface area contributed by atoms with E-state index >= 15 is 0 Å². The molecular weight excluding hydrogens is 271 g/mol. The molecule has 1 N–H and O–H groups in total. The van der Waals surface area contributed by atoms with Gasteiger partial charge in [-0.3, -0.25) is 4.79 Å². The number of carbonyl (C=O) groups excluding carboxylic acids is 1. The number of aromatic nitrogens is 1. The molecule has 2 rings (SSSR count). The lowest BCUT2D eigenvalue weighted by atomic mass is 10.1. The third-order valence-electron chi connectivity index (χ3n) is 3.68. The molecule has 1 atom stereocenters. The van der Waals surface area contributed by atoms with Gasteiger partial charge in [-0.05, 0) is 39.9 Å². The van der Waals surface area contributed by atoms with Crippen molar-refractivity contribution in [3.8, 4) is 0 Å². The Labute approximate surface area is 125 Å². The second-order valence-corrected chi connectivity index (χ2v) is 5.61. The van der Waals surface area contributed by atoms with Crippen molar-refractivity contribution in [3.05, 3.63) is 23.6 Å². The van der Waals surface area contributed by atoms with Crippen LogP contribution in [-0.4, -0.2) is 60.5 Å². The van der Waals surface area contributed by atoms with E-state index in [4.69, 9.17) is 0 Å². The summed E-state index contributed by atoms with van der Waals surface area (Å²) in [5.41, 5.74) is 0.103. The highest BCUT2D eigenvalue weighted by molar-refractivity contribution is 5.95. The normalized spacial score (nSPS) is 18.3. The smallest absolute Gasteiger partial charge is 0.257 e. The number of halogens is 1. The molecule has 0 bridgehead atoms. The van der Waals surface area contributed by atoms with Crippen molar-refractivity contribution < 1.29 is 9.18 Å². The lowest BCUT2D eigenvalue weighted by molar-refractivity contribution is 0.0711. The van der Waals surface area contributed by atoms with Crippen LogP contribution >= 0.6 is 0 Å². The van der Waals surface area contributed by atoms with Crippen molar-refractivity contribution in [1.82, 2.24) is 14.8 Å². The molecule has 1 amide bonds. The number of amides is 1. The fourth-order valence-electron chi connectivity index (χ4n) is 2.77. The average molecular weight is 294 g/mol. The van der Waals surface area contributed by atoms with Crippen LogP contribution in [0.5, 0.6) is 0 Å². The van der Waals surface area contributed by atoms with Gasteiger partial charge in [0, 0.05) is 31.9 Å². The molecule has 0 radical (unpaired) electrons. The number of rotatable bonds is 5. The highest BCUT2D eigenvalue weighted by Crippen LogP contribution is 2.23. The zero-order chi connectivity index (χ0) is 15.4. The van der Waals surface area contributed by atoms with Crippen LogP contribution in [0.4, 0.5) is 10.2 Å². The van der Waals surface area contributed by atoms with Crippen LogP contribution in [0, 0.1) is 5.82 Å². The second kappa shape index (κ2) is 6.85. The zero-order valence-electron chi connectivity index (χ0n) is 12.9. The summed E-state index contributed by atoms with van der Waals surface area (Å²) in [6, 6.07) is 1.62. The first-order valence-electron chi connectivity index (χ1n) is 7.38. The van der Waals surface area contributed by atoms with Crippen LogP contribution in [0.3, 0.4) is 0 Å². The number of hydrogen-bond donors (Lipinski definition) is 1. The summed E-state index contributed by atoms with van der Waals surface area (Å²) in [5.74, 6) is -0.648. The molecule has 1 aliphatic rings. The van der Waals surface area contributed by atoms with Gasteiger partial charge in [0.2, 0.25) is 0 Å². The molecule has 1 saturated heterocycles. The van der Waals surface area contributed by atoms with E-state index in [-0.39, 0.29) is 23.3 Å². The number of carbonyl (C=O) groups is 1. The van der Waals surface area contributed by atoms with E-state index in [1.165, 1.54) is 12.3 Å². The molecule has 0 aliphatic carbocycles. The number of nitrogens with one attached hydrogen (secondary N) is 1. The summed E-state index contributed by atoms with van der Waals surface area (Å²) in [6.07, 6.45) is 3.42. The van der Waals surface area contributed by atoms with Crippen molar-refractivity contribution in [2.24, 2.45) is 0 Å². The molecule has 0 spiro atoms. The summed E-state index contributed by atoms with van der Waals surface area (Å²) in [7, 11) is 3.97. The van der Waals surface area contributed by atoms with Crippen LogP contribution in [0.25, 0.3) is 0 Å². The van der Waals surface area contributed by atoms with Gasteiger partial charge in [0.1, 0.15) is 0 Å². The Balaban J connectivity index is 2.21. The number of anilines is 1. The van der Waals surface area contributed by atoms with Gasteiger partial charge in [-0.25, -0.2) is 9.37 Å². The highest BCUT2D eigenvalue weighted by atomic mass is 19.1. The van der Waals surface area contributed by atoms with E-state index < -0.39 is 5.82 Å². The predicted molar refractivity (Wildman–Crippen MR) is 81.0 cm³/mol. The number of pyridine rings is 1. The predicted octanol–water partition coefficient (Wildman–Crippen LogP) is 1.82. The van der Waals surface area contributed by atoms with E-state index in [2.05, 4.69) is 15.2 Å². The molecule has 0 aromatic carbocycles. The molecule has 116 valence electrons. The first kappa shape index (κ1) is 15.7. The Morgan fingerprint density at radius 2 is 2.33 bits per heavy atom. The van der Waals surface area contributed by atoms with Crippen molar-refractivity contribution >= 4 is 11.7 Å². The molecule has 5 nitrogen and oxygen atoms in total. The molecule has 0 saturated carbocycles. The fraction of sp³-hybridized carbons (Fsp3) is 0.600. The summed E-state index contributed by atoms with van der Waals surface area (Å²) in [5, 5.41) is 2.84. The van der Waals surface area contributed by atoms with Gasteiger partial charge in [0.05, 0.1) is 5.56 Å². The van der Waals surface area contributed by atoms with Crippen LogP contribution in [0.2, 0.25) is 0 Å². The first-order valence-corrected chi connectivity index (χ1v) is 7.38. The van der Waals surface area contributed by atoms with Crippen LogP contribution in [0.1, 0.15) is 30.1 Å². The Bertz CT molecular complexity index is 506. The second-order valence-electron chi connectivity index (χ2n) is 5.61. The first-order chi connectivity index (χ1) is 10.0. The Kier molecular flexibility index (Phi) is 5.12. The van der Waals surface area contributed by atoms with Gasteiger partial charge in [-0.1, -0.05) is 0 Å². The molecule has 2 heterocycles. The molecule has 1 unspecified atom stereocenters. The van der Waals surface area contributed by atoms with E-state index in [1.807, 2.05) is 21.0 Å². The van der Waals surface area contributed by atoms with Crippen molar-refractivity contribution in [3.63, 3.8) is 0 Å². The maximum Gasteiger partial charge on any atom is 0.257 e. The molecule has 1 aliphatic heterocycles.